The van der Waals surface area contributed by atoms with Gasteiger partial charge in [-0.05, 0) is 18.3 Å². The number of Topliss-reactive ketones (excluding diaryl/α,β-unsaturated/α-hetero) is 2. The van der Waals surface area contributed by atoms with Gasteiger partial charge in [0.25, 0.3) is 0 Å². The Morgan fingerprint density at radius 3 is 2.21 bits per heavy atom. The van der Waals surface area contributed by atoms with Crippen molar-refractivity contribution in [2.75, 3.05) is 6.61 Å². The SMILES string of the molecule is CCC(=N[C@H](CC)CO)C1C(=O)CC(C)(C)CC1=O. The highest BCUT2D eigenvalue weighted by molar-refractivity contribution is 6.22. The predicted molar refractivity (Wildman–Crippen MR) is 75.4 cm³/mol. The lowest BCUT2D eigenvalue weighted by molar-refractivity contribution is -0.136. The summed E-state index contributed by atoms with van der Waals surface area (Å²) in [5.41, 5.74) is 0.413. The molecule has 19 heavy (non-hydrogen) atoms. The summed E-state index contributed by atoms with van der Waals surface area (Å²) < 4.78 is 0. The van der Waals surface area contributed by atoms with E-state index in [1.807, 2.05) is 27.7 Å². The molecule has 1 aliphatic carbocycles. The van der Waals surface area contributed by atoms with Crippen molar-refractivity contribution < 1.29 is 14.7 Å². The molecule has 0 bridgehead atoms. The number of aliphatic hydroxyl groups is 1. The second kappa shape index (κ2) is 6.42. The molecule has 0 spiro atoms. The molecule has 1 N–H and O–H groups in total. The van der Waals surface area contributed by atoms with Crippen LogP contribution in [0.15, 0.2) is 4.99 Å². The molecule has 1 rings (SSSR count). The first-order chi connectivity index (χ1) is 8.84. The van der Waals surface area contributed by atoms with Gasteiger partial charge in [-0.3, -0.25) is 14.6 Å². The summed E-state index contributed by atoms with van der Waals surface area (Å²) >= 11 is 0. The van der Waals surface area contributed by atoms with E-state index in [0.717, 1.165) is 0 Å². The molecule has 1 saturated carbocycles. The Morgan fingerprint density at radius 2 is 1.84 bits per heavy atom. The molecule has 0 saturated heterocycles. The number of carbonyl (C=O) groups is 2. The quantitative estimate of drug-likeness (QED) is 0.613. The van der Waals surface area contributed by atoms with Crippen LogP contribution in [0.5, 0.6) is 0 Å². The summed E-state index contributed by atoms with van der Waals surface area (Å²) in [7, 11) is 0. The average Bonchev–Trinajstić information content (AvgIpc) is 2.31. The minimum Gasteiger partial charge on any atom is -0.394 e. The van der Waals surface area contributed by atoms with E-state index in [-0.39, 0.29) is 29.6 Å². The summed E-state index contributed by atoms with van der Waals surface area (Å²) in [4.78, 5) is 28.9. The van der Waals surface area contributed by atoms with Gasteiger partial charge in [0.2, 0.25) is 0 Å². The monoisotopic (exact) mass is 267 g/mol. The number of hydrogen-bond acceptors (Lipinski definition) is 4. The minimum atomic E-state index is -0.668. The van der Waals surface area contributed by atoms with Gasteiger partial charge >= 0.3 is 0 Å². The summed E-state index contributed by atoms with van der Waals surface area (Å²) in [6, 6.07) is -0.203. The van der Waals surface area contributed by atoms with Crippen LogP contribution in [0.25, 0.3) is 0 Å². The molecule has 0 aliphatic heterocycles. The van der Waals surface area contributed by atoms with Crippen LogP contribution in [0, 0.1) is 11.3 Å². The summed E-state index contributed by atoms with van der Waals surface area (Å²) in [6.45, 7) is 7.70. The van der Waals surface area contributed by atoms with Crippen LogP contribution >= 0.6 is 0 Å². The Morgan fingerprint density at radius 1 is 1.32 bits per heavy atom. The molecule has 1 aliphatic rings. The highest BCUT2D eigenvalue weighted by Crippen LogP contribution is 2.34. The summed E-state index contributed by atoms with van der Waals surface area (Å²) in [6.07, 6.45) is 2.15. The van der Waals surface area contributed by atoms with Crippen LogP contribution in [0.2, 0.25) is 0 Å². The molecule has 4 nitrogen and oxygen atoms in total. The van der Waals surface area contributed by atoms with Crippen LogP contribution in [0.3, 0.4) is 0 Å². The number of hydrogen-bond donors (Lipinski definition) is 1. The number of rotatable bonds is 5. The van der Waals surface area contributed by atoms with E-state index in [4.69, 9.17) is 0 Å². The Bertz CT molecular complexity index is 361. The number of ketones is 2. The van der Waals surface area contributed by atoms with Crippen molar-refractivity contribution in [3.63, 3.8) is 0 Å². The number of nitrogens with zero attached hydrogens (tertiary/aromatic N) is 1. The summed E-state index contributed by atoms with van der Waals surface area (Å²) in [5, 5.41) is 9.21. The van der Waals surface area contributed by atoms with Crippen molar-refractivity contribution >= 4 is 17.3 Å². The predicted octanol–water partition coefficient (Wildman–Crippen LogP) is 2.18. The zero-order valence-corrected chi connectivity index (χ0v) is 12.4. The molecule has 0 amide bonds. The molecule has 4 heteroatoms. The maximum absolute atomic E-state index is 12.2. The van der Waals surface area contributed by atoms with E-state index in [9.17, 15) is 14.7 Å². The third-order valence-corrected chi connectivity index (χ3v) is 3.68. The largest absolute Gasteiger partial charge is 0.394 e. The highest BCUT2D eigenvalue weighted by atomic mass is 16.3. The number of aliphatic imine (C=N–C) groups is 1. The Balaban J connectivity index is 2.99. The third kappa shape index (κ3) is 3.96. The van der Waals surface area contributed by atoms with E-state index >= 15 is 0 Å². The average molecular weight is 267 g/mol. The van der Waals surface area contributed by atoms with Crippen molar-refractivity contribution in [2.24, 2.45) is 16.3 Å². The van der Waals surface area contributed by atoms with Crippen LogP contribution in [0.1, 0.15) is 53.4 Å². The van der Waals surface area contributed by atoms with Crippen molar-refractivity contribution in [2.45, 2.75) is 59.4 Å². The van der Waals surface area contributed by atoms with Gasteiger partial charge in [0.15, 0.2) is 0 Å². The molecule has 108 valence electrons. The first-order valence-electron chi connectivity index (χ1n) is 7.07. The van der Waals surface area contributed by atoms with E-state index in [1.165, 1.54) is 0 Å². The fraction of sp³-hybridized carbons (Fsp3) is 0.800. The maximum Gasteiger partial charge on any atom is 0.149 e. The lowest BCUT2D eigenvalue weighted by Gasteiger charge is -2.32. The number of aliphatic hydroxyl groups excluding tert-OH is 1. The lowest BCUT2D eigenvalue weighted by atomic mass is 9.70. The third-order valence-electron chi connectivity index (χ3n) is 3.68. The van der Waals surface area contributed by atoms with Crippen LogP contribution < -0.4 is 0 Å². The zero-order valence-electron chi connectivity index (χ0n) is 12.4. The summed E-state index contributed by atoms with van der Waals surface area (Å²) in [5.74, 6) is -0.706. The Kier molecular flexibility index (Phi) is 5.41. The first kappa shape index (κ1) is 16.0. The van der Waals surface area contributed by atoms with Crippen LogP contribution in [-0.2, 0) is 9.59 Å². The van der Waals surface area contributed by atoms with Gasteiger partial charge in [-0.15, -0.1) is 0 Å². The molecule has 0 aromatic carbocycles. The molecule has 0 heterocycles. The van der Waals surface area contributed by atoms with Crippen LogP contribution in [0.4, 0.5) is 0 Å². The van der Waals surface area contributed by atoms with Crippen molar-refractivity contribution in [1.29, 1.82) is 0 Å². The van der Waals surface area contributed by atoms with Crippen molar-refractivity contribution in [3.8, 4) is 0 Å². The molecule has 0 radical (unpaired) electrons. The van der Waals surface area contributed by atoms with Crippen LogP contribution in [-0.4, -0.2) is 35.0 Å². The van der Waals surface area contributed by atoms with E-state index in [2.05, 4.69) is 4.99 Å². The molecule has 0 unspecified atom stereocenters. The van der Waals surface area contributed by atoms with Gasteiger partial charge in [0, 0.05) is 18.6 Å². The van der Waals surface area contributed by atoms with Gasteiger partial charge in [0.1, 0.15) is 17.5 Å². The van der Waals surface area contributed by atoms with Crippen molar-refractivity contribution in [3.05, 3.63) is 0 Å². The normalized spacial score (nSPS) is 22.7. The fourth-order valence-electron chi connectivity index (χ4n) is 2.63. The smallest absolute Gasteiger partial charge is 0.149 e. The maximum atomic E-state index is 12.2. The molecule has 1 atom stereocenters. The number of carbonyl (C=O) groups excluding carboxylic acids is 2. The van der Waals surface area contributed by atoms with Crippen molar-refractivity contribution in [1.82, 2.24) is 0 Å². The fourth-order valence-corrected chi connectivity index (χ4v) is 2.63. The molecule has 0 aromatic rings. The molecule has 1 fully saturated rings. The molecule has 0 aromatic heterocycles. The Hall–Kier alpha value is -1.03. The van der Waals surface area contributed by atoms with Gasteiger partial charge in [-0.1, -0.05) is 27.7 Å². The van der Waals surface area contributed by atoms with Gasteiger partial charge in [-0.25, -0.2) is 0 Å². The second-order valence-corrected chi connectivity index (χ2v) is 6.10. The molecular formula is C15H25NO3. The zero-order chi connectivity index (χ0) is 14.6. The molecular weight excluding hydrogens is 242 g/mol. The van der Waals surface area contributed by atoms with E-state index in [0.29, 0.717) is 31.4 Å². The highest BCUT2D eigenvalue weighted by Gasteiger charge is 2.41. The Labute approximate surface area is 115 Å². The van der Waals surface area contributed by atoms with E-state index in [1.54, 1.807) is 0 Å². The van der Waals surface area contributed by atoms with E-state index < -0.39 is 5.92 Å². The second-order valence-electron chi connectivity index (χ2n) is 6.10. The standard InChI is InChI=1S/C15H25NO3/c1-5-10(9-17)16-11(6-2)14-12(18)7-15(3,4)8-13(14)19/h10,14,17H,5-9H2,1-4H3/t10-/m1/s1. The van der Waals surface area contributed by atoms with Gasteiger partial charge in [0.05, 0.1) is 12.6 Å². The first-order valence-corrected chi connectivity index (χ1v) is 7.07. The lowest BCUT2D eigenvalue weighted by Crippen LogP contribution is -2.42. The topological polar surface area (TPSA) is 66.7 Å². The van der Waals surface area contributed by atoms with Gasteiger partial charge < -0.3 is 5.11 Å². The minimum absolute atomic E-state index is 0.0188. The van der Waals surface area contributed by atoms with Gasteiger partial charge in [-0.2, -0.15) is 0 Å².